The van der Waals surface area contributed by atoms with Crippen LogP contribution in [0.2, 0.25) is 0 Å². The van der Waals surface area contributed by atoms with Gasteiger partial charge in [-0.25, -0.2) is 0 Å². The Bertz CT molecular complexity index is 107. The maximum atomic E-state index is 6.24. The monoisotopic (exact) mass is 66.0 g/mol. The van der Waals surface area contributed by atoms with Crippen molar-refractivity contribution in [1.82, 2.24) is 0 Å². The lowest BCUT2D eigenvalue weighted by Gasteiger charge is -1.42. The minimum Gasteiger partial charge on any atom is -0.106 e. The zero-order chi connectivity index (χ0) is 4.83. The van der Waals surface area contributed by atoms with E-state index in [1.807, 2.05) is 6.40 Å². The molecule has 24 valence electrons. The zero-order valence-corrected chi connectivity index (χ0v) is 3.00. The van der Waals surface area contributed by atoms with Crippen LogP contribution in [-0.4, -0.2) is 0 Å². The maximum absolute atomic E-state index is 6.24. The molecule has 0 saturated carbocycles. The van der Waals surface area contributed by atoms with Crippen LogP contribution in [0.5, 0.6) is 0 Å². The quantitative estimate of drug-likeness (QED) is 0.364. The molecule has 0 bridgehead atoms. The fourth-order valence-electron chi connectivity index (χ4n) is 0.0625. The topological polar surface area (TPSA) is 0 Å². The average molecular weight is 66.1 g/mol. The van der Waals surface area contributed by atoms with E-state index in [9.17, 15) is 0 Å². The second kappa shape index (κ2) is 3.12. The van der Waals surface area contributed by atoms with Crippen molar-refractivity contribution in [2.75, 3.05) is 0 Å². The van der Waals surface area contributed by atoms with E-state index in [0.717, 1.165) is 0 Å². The highest BCUT2D eigenvalue weighted by atomic mass is 13.4. The third-order valence-electron chi connectivity index (χ3n) is 0.188. The Kier molecular flexibility index (Phi) is 1.47. The molecule has 0 spiro atoms. The molecule has 0 aliphatic carbocycles. The van der Waals surface area contributed by atoms with Crippen molar-refractivity contribution >= 4 is 0 Å². The summed E-state index contributed by atoms with van der Waals surface area (Å²) in [6, 6.07) is 0. The molecular weight excluding hydrogens is 60.1 g/mol. The largest absolute Gasteiger partial charge is 0.125 e. The molecule has 0 unspecified atom stereocenters. The highest BCUT2D eigenvalue weighted by Crippen LogP contribution is 1.41. The summed E-state index contributed by atoms with van der Waals surface area (Å²) in [5, 5.41) is 0. The molecule has 0 aromatic heterocycles. The van der Waals surface area contributed by atoms with Crippen LogP contribution < -0.4 is 0 Å². The number of rotatable bonds is 0. The molecule has 0 atom stereocenters. The summed E-state index contributed by atoms with van der Waals surface area (Å²) < 4.78 is 6.24. The summed E-state index contributed by atoms with van der Waals surface area (Å²) in [6.45, 7) is 1.68. The molecule has 0 aliphatic rings. The van der Waals surface area contributed by atoms with Crippen molar-refractivity contribution in [2.24, 2.45) is 0 Å². The first-order valence-electron chi connectivity index (χ1n) is 1.75. The number of hydrogen-bond donors (Lipinski definition) is 0. The Morgan fingerprint density at radius 3 is 3.00 bits per heavy atom. The van der Waals surface area contributed by atoms with E-state index in [-0.39, 0.29) is 0 Å². The summed E-state index contributed by atoms with van der Waals surface area (Å²) in [7, 11) is 0. The minimum atomic E-state index is 1.68. The van der Waals surface area contributed by atoms with E-state index in [0.29, 0.717) is 0 Å². The minimum absolute atomic E-state index is 1.68. The van der Waals surface area contributed by atoms with Crippen molar-refractivity contribution in [3.63, 3.8) is 0 Å². The van der Waals surface area contributed by atoms with Crippen LogP contribution in [0.3, 0.4) is 0 Å². The average Bonchev–Trinajstić information content (AvgIpc) is 1.61. The van der Waals surface area contributed by atoms with Gasteiger partial charge < -0.3 is 0 Å². The van der Waals surface area contributed by atoms with Gasteiger partial charge in [-0.2, -0.15) is 0 Å². The van der Waals surface area contributed by atoms with Crippen molar-refractivity contribution in [3.05, 3.63) is 0 Å². The van der Waals surface area contributed by atoms with E-state index in [4.69, 9.17) is 1.37 Å². The zero-order valence-electron chi connectivity index (χ0n) is 4.00. The van der Waals surface area contributed by atoms with Gasteiger partial charge in [-0.3, -0.25) is 0 Å². The third-order valence-corrected chi connectivity index (χ3v) is 0.188. The van der Waals surface area contributed by atoms with Gasteiger partial charge >= 0.3 is 0 Å². The molecule has 5 heavy (non-hydrogen) atoms. The summed E-state index contributed by atoms with van der Waals surface area (Å²) in [5.74, 6) is 7.18. The van der Waals surface area contributed by atoms with Crippen molar-refractivity contribution < 1.29 is 1.37 Å². The van der Waals surface area contributed by atoms with Gasteiger partial charge in [0, 0.05) is 0 Å². The third kappa shape index (κ3) is 3.12. The van der Waals surface area contributed by atoms with Gasteiger partial charge in [0.1, 0.15) is 1.37 Å². The SMILES string of the molecule is [3H]C#CC#CC. The Hall–Kier alpha value is -0.880. The first-order chi connectivity index (χ1) is 2.91. The standard InChI is InChI=1S/C5H4/c1-3-5-4-2/h1H,2H3/i1T. The molecule has 0 rings (SSSR count). The molecule has 0 N–H and O–H groups in total. The molecule has 0 heteroatoms. The van der Waals surface area contributed by atoms with E-state index in [2.05, 4.69) is 17.8 Å². The predicted molar refractivity (Wildman–Crippen MR) is 22.3 cm³/mol. The predicted octanol–water partition coefficient (Wildman–Crippen LogP) is 0.643. The van der Waals surface area contributed by atoms with Gasteiger partial charge in [0.05, 0.1) is 0 Å². The van der Waals surface area contributed by atoms with Gasteiger partial charge in [-0.1, -0.05) is 5.92 Å². The molecule has 0 nitrogen and oxygen atoms in total. The van der Waals surface area contributed by atoms with Gasteiger partial charge in [0.25, 0.3) is 0 Å². The summed E-state index contributed by atoms with van der Waals surface area (Å²) >= 11 is 0. The first kappa shape index (κ1) is 2.36. The van der Waals surface area contributed by atoms with Crippen LogP contribution in [0.1, 0.15) is 8.29 Å². The Labute approximate surface area is 33.6 Å². The first-order valence-corrected chi connectivity index (χ1v) is 1.25. The van der Waals surface area contributed by atoms with Crippen molar-refractivity contribution in [1.29, 1.82) is 0 Å². The number of hydrogen-bond acceptors (Lipinski definition) is 0. The molecule has 0 radical (unpaired) electrons. The second-order valence-corrected chi connectivity index (χ2v) is 0.500. The highest BCUT2D eigenvalue weighted by Gasteiger charge is 1.35. The normalized spacial score (nSPS) is 4.60. The van der Waals surface area contributed by atoms with Crippen LogP contribution >= 0.6 is 0 Å². The van der Waals surface area contributed by atoms with Gasteiger partial charge in [0.15, 0.2) is 0 Å². The van der Waals surface area contributed by atoms with E-state index < -0.39 is 0 Å². The van der Waals surface area contributed by atoms with E-state index >= 15 is 0 Å². The van der Waals surface area contributed by atoms with Crippen LogP contribution in [0.15, 0.2) is 0 Å². The molecule has 0 aromatic carbocycles. The van der Waals surface area contributed by atoms with Crippen LogP contribution in [0.25, 0.3) is 0 Å². The molecule has 0 fully saturated rings. The second-order valence-electron chi connectivity index (χ2n) is 0.500. The summed E-state index contributed by atoms with van der Waals surface area (Å²) in [4.78, 5) is 0. The van der Waals surface area contributed by atoms with Crippen molar-refractivity contribution in [3.8, 4) is 24.2 Å². The van der Waals surface area contributed by atoms with Gasteiger partial charge in [-0.15, -0.1) is 6.40 Å². The maximum Gasteiger partial charge on any atom is 0.125 e. The van der Waals surface area contributed by atoms with Crippen LogP contribution in [0.4, 0.5) is 0 Å². The smallest absolute Gasteiger partial charge is 0.106 e. The molecule has 0 heterocycles. The Balaban J connectivity index is 3.43. The summed E-state index contributed by atoms with van der Waals surface area (Å²) in [5.41, 5.74) is 0. The Morgan fingerprint density at radius 1 is 2.00 bits per heavy atom. The van der Waals surface area contributed by atoms with Crippen LogP contribution in [-0.2, 0) is 0 Å². The highest BCUT2D eigenvalue weighted by molar-refractivity contribution is 5.20. The molecule has 0 saturated heterocycles. The molecule has 0 aliphatic heterocycles. The van der Waals surface area contributed by atoms with E-state index in [1.165, 1.54) is 0 Å². The molecule has 0 amide bonds. The number of terminal acetylenes is 1. The lowest BCUT2D eigenvalue weighted by molar-refractivity contribution is 1.92. The molecular formula is C5H4. The van der Waals surface area contributed by atoms with Gasteiger partial charge in [-0.05, 0) is 18.8 Å². The van der Waals surface area contributed by atoms with Gasteiger partial charge in [0.2, 0.25) is 0 Å². The van der Waals surface area contributed by atoms with E-state index in [1.54, 1.807) is 6.92 Å². The fourth-order valence-corrected chi connectivity index (χ4v) is 0.0625. The lowest BCUT2D eigenvalue weighted by Crippen LogP contribution is -1.36. The summed E-state index contributed by atoms with van der Waals surface area (Å²) in [6.07, 6.45) is 1.90. The van der Waals surface area contributed by atoms with Crippen molar-refractivity contribution in [2.45, 2.75) is 6.92 Å². The fraction of sp³-hybridized carbons (Fsp3) is 0.200. The molecule has 0 aromatic rings. The lowest BCUT2D eigenvalue weighted by atomic mass is 10.6. The van der Waals surface area contributed by atoms with Crippen LogP contribution in [0, 0.1) is 24.2 Å². The Morgan fingerprint density at radius 2 is 2.80 bits per heavy atom.